The molecule has 0 radical (unpaired) electrons. The standard InChI is InChI=1S/C24H26ClFN4O7/c1-24(2,3)37-18(31)11-28-21(34)27(4)22(35)30(23(28)36)16-10-17(15(26)9-14(16)25)29-19(32)12-7-5-6-8-13(12)20(29)33/h9-10,12-13H,5-8,11H2,1-4H3. The van der Waals surface area contributed by atoms with Crippen molar-refractivity contribution in [2.24, 2.45) is 18.9 Å². The second kappa shape index (κ2) is 9.40. The van der Waals surface area contributed by atoms with Crippen molar-refractivity contribution in [2.75, 3.05) is 4.90 Å². The summed E-state index contributed by atoms with van der Waals surface area (Å²) in [5.41, 5.74) is -5.15. The van der Waals surface area contributed by atoms with Gasteiger partial charge in [-0.1, -0.05) is 24.4 Å². The maximum absolute atomic E-state index is 15.1. The van der Waals surface area contributed by atoms with Gasteiger partial charge in [0.2, 0.25) is 11.8 Å². The summed E-state index contributed by atoms with van der Waals surface area (Å²) in [4.78, 5) is 78.0. The summed E-state index contributed by atoms with van der Waals surface area (Å²) in [6.45, 7) is 4.00. The number of carbonyl (C=O) groups excluding carboxylic acids is 3. The third-order valence-corrected chi connectivity index (χ3v) is 6.77. The van der Waals surface area contributed by atoms with E-state index >= 15 is 4.39 Å². The SMILES string of the molecule is Cn1c(=O)n(CC(=O)OC(C)(C)C)c(=O)n(-c2cc(N3C(=O)C4CCCCC4C3=O)c(F)cc2Cl)c1=O. The van der Waals surface area contributed by atoms with Gasteiger partial charge in [0.15, 0.2) is 0 Å². The van der Waals surface area contributed by atoms with Crippen LogP contribution in [0.3, 0.4) is 0 Å². The van der Waals surface area contributed by atoms with Crippen molar-refractivity contribution < 1.29 is 23.5 Å². The molecule has 4 rings (SSSR count). The molecule has 2 fully saturated rings. The molecule has 2 unspecified atom stereocenters. The molecule has 2 amide bonds. The van der Waals surface area contributed by atoms with Gasteiger partial charge in [-0.3, -0.25) is 14.4 Å². The minimum atomic E-state index is -1.23. The summed E-state index contributed by atoms with van der Waals surface area (Å²) in [6.07, 6.45) is 2.55. The Morgan fingerprint density at radius 1 is 0.973 bits per heavy atom. The molecular weight excluding hydrogens is 511 g/mol. The van der Waals surface area contributed by atoms with E-state index in [0.717, 1.165) is 36.9 Å². The molecule has 0 N–H and O–H groups in total. The smallest absolute Gasteiger partial charge is 0.341 e. The van der Waals surface area contributed by atoms with Gasteiger partial charge in [0.1, 0.15) is 18.0 Å². The fourth-order valence-corrected chi connectivity index (χ4v) is 5.05. The van der Waals surface area contributed by atoms with Gasteiger partial charge in [0.25, 0.3) is 0 Å². The molecule has 1 saturated carbocycles. The first-order valence-electron chi connectivity index (χ1n) is 11.7. The molecule has 1 aromatic heterocycles. The van der Waals surface area contributed by atoms with Gasteiger partial charge in [-0.05, 0) is 45.7 Å². The third kappa shape index (κ3) is 4.65. The predicted molar refractivity (Wildman–Crippen MR) is 130 cm³/mol. The van der Waals surface area contributed by atoms with Gasteiger partial charge in [-0.25, -0.2) is 37.4 Å². The second-order valence-electron chi connectivity index (χ2n) is 10.2. The van der Waals surface area contributed by atoms with E-state index in [2.05, 4.69) is 0 Å². The highest BCUT2D eigenvalue weighted by Gasteiger charge is 2.49. The highest BCUT2D eigenvalue weighted by atomic mass is 35.5. The van der Waals surface area contributed by atoms with Crippen molar-refractivity contribution in [3.8, 4) is 5.69 Å². The van der Waals surface area contributed by atoms with E-state index in [0.29, 0.717) is 26.5 Å². The molecule has 1 saturated heterocycles. The van der Waals surface area contributed by atoms with Gasteiger partial charge in [0.05, 0.1) is 28.2 Å². The van der Waals surface area contributed by atoms with Crippen LogP contribution in [0.2, 0.25) is 5.02 Å². The van der Waals surface area contributed by atoms with E-state index < -0.39 is 70.3 Å². The lowest BCUT2D eigenvalue weighted by Crippen LogP contribution is -2.54. The molecule has 2 aliphatic rings. The van der Waals surface area contributed by atoms with Crippen LogP contribution in [0, 0.1) is 17.7 Å². The zero-order chi connectivity index (χ0) is 27.4. The number of aromatic nitrogens is 3. The fraction of sp³-hybridized carbons (Fsp3) is 0.500. The minimum absolute atomic E-state index is 0.364. The summed E-state index contributed by atoms with van der Waals surface area (Å²) < 4.78 is 21.8. The first-order chi connectivity index (χ1) is 17.2. The Bertz CT molecular complexity index is 1480. The van der Waals surface area contributed by atoms with E-state index in [9.17, 15) is 28.8 Å². The first-order valence-corrected chi connectivity index (χ1v) is 12.1. The Balaban J connectivity index is 1.87. The number of fused-ring (bicyclic) bond motifs is 1. The topological polar surface area (TPSA) is 130 Å². The van der Waals surface area contributed by atoms with Crippen molar-refractivity contribution >= 4 is 35.1 Å². The molecule has 2 heterocycles. The van der Waals surface area contributed by atoms with Gasteiger partial charge in [-0.2, -0.15) is 0 Å². The average Bonchev–Trinajstić information content (AvgIpc) is 3.06. The molecule has 11 nitrogen and oxygen atoms in total. The average molecular weight is 537 g/mol. The number of amides is 2. The molecular formula is C24H26ClFN4O7. The lowest BCUT2D eigenvalue weighted by Gasteiger charge is -2.20. The zero-order valence-electron chi connectivity index (χ0n) is 20.7. The largest absolute Gasteiger partial charge is 0.459 e. The quantitative estimate of drug-likeness (QED) is 0.428. The van der Waals surface area contributed by atoms with Gasteiger partial charge in [0, 0.05) is 7.05 Å². The Labute approximate surface area is 215 Å². The third-order valence-electron chi connectivity index (χ3n) is 6.46. The summed E-state index contributed by atoms with van der Waals surface area (Å²) in [7, 11) is 1.09. The number of hydrogen-bond acceptors (Lipinski definition) is 7. The lowest BCUT2D eigenvalue weighted by molar-refractivity contribution is -0.155. The molecule has 198 valence electrons. The fourth-order valence-electron chi connectivity index (χ4n) is 4.81. The molecule has 13 heteroatoms. The summed E-state index contributed by atoms with van der Waals surface area (Å²) in [6, 6.07) is 1.74. The molecule has 1 aromatic carbocycles. The van der Waals surface area contributed by atoms with Crippen molar-refractivity contribution in [2.45, 2.75) is 58.6 Å². The van der Waals surface area contributed by atoms with E-state index in [1.807, 2.05) is 0 Å². The number of halogens is 2. The number of imide groups is 1. The number of esters is 1. The number of hydrogen-bond donors (Lipinski definition) is 0. The van der Waals surface area contributed by atoms with Crippen LogP contribution in [0.5, 0.6) is 0 Å². The summed E-state index contributed by atoms with van der Waals surface area (Å²) >= 11 is 6.20. The maximum Gasteiger partial charge on any atom is 0.341 e. The molecule has 0 spiro atoms. The summed E-state index contributed by atoms with van der Waals surface area (Å²) in [5.74, 6) is -4.15. The zero-order valence-corrected chi connectivity index (χ0v) is 21.5. The second-order valence-corrected chi connectivity index (χ2v) is 10.6. The van der Waals surface area contributed by atoms with E-state index in [-0.39, 0.29) is 10.7 Å². The van der Waals surface area contributed by atoms with Crippen LogP contribution in [0.15, 0.2) is 26.5 Å². The van der Waals surface area contributed by atoms with Crippen molar-refractivity contribution in [1.82, 2.24) is 13.7 Å². The molecule has 2 atom stereocenters. The van der Waals surface area contributed by atoms with Gasteiger partial charge >= 0.3 is 23.0 Å². The number of ether oxygens (including phenoxy) is 1. The Hall–Kier alpha value is -3.54. The molecule has 2 aromatic rings. The number of rotatable bonds is 4. The van der Waals surface area contributed by atoms with Crippen LogP contribution in [0.4, 0.5) is 10.1 Å². The molecule has 1 aliphatic heterocycles. The van der Waals surface area contributed by atoms with Crippen LogP contribution in [0.1, 0.15) is 46.5 Å². The molecule has 37 heavy (non-hydrogen) atoms. The number of carbonyl (C=O) groups is 3. The number of nitrogens with zero attached hydrogens (tertiary/aromatic N) is 4. The monoisotopic (exact) mass is 536 g/mol. The van der Waals surface area contributed by atoms with Crippen molar-refractivity contribution in [3.63, 3.8) is 0 Å². The Morgan fingerprint density at radius 2 is 1.54 bits per heavy atom. The van der Waals surface area contributed by atoms with Crippen LogP contribution in [-0.4, -0.2) is 37.1 Å². The maximum atomic E-state index is 15.1. The number of anilines is 1. The van der Waals surface area contributed by atoms with Gasteiger partial charge < -0.3 is 4.74 Å². The van der Waals surface area contributed by atoms with Crippen LogP contribution < -0.4 is 22.0 Å². The molecule has 0 bridgehead atoms. The van der Waals surface area contributed by atoms with Crippen LogP contribution in [-0.2, 0) is 32.7 Å². The lowest BCUT2D eigenvalue weighted by atomic mass is 9.81. The normalized spacial score (nSPS) is 19.8. The minimum Gasteiger partial charge on any atom is -0.459 e. The van der Waals surface area contributed by atoms with Crippen LogP contribution >= 0.6 is 11.6 Å². The van der Waals surface area contributed by atoms with Crippen LogP contribution in [0.25, 0.3) is 5.69 Å². The summed E-state index contributed by atoms with van der Waals surface area (Å²) in [5, 5.41) is -0.389. The van der Waals surface area contributed by atoms with E-state index in [1.165, 1.54) is 0 Å². The van der Waals surface area contributed by atoms with E-state index in [1.54, 1.807) is 20.8 Å². The van der Waals surface area contributed by atoms with E-state index in [4.69, 9.17) is 16.3 Å². The van der Waals surface area contributed by atoms with Crippen molar-refractivity contribution in [3.05, 3.63) is 54.4 Å². The molecule has 1 aliphatic carbocycles. The first kappa shape index (κ1) is 26.5. The number of benzene rings is 1. The highest BCUT2D eigenvalue weighted by Crippen LogP contribution is 2.41. The highest BCUT2D eigenvalue weighted by molar-refractivity contribution is 6.32. The van der Waals surface area contributed by atoms with Gasteiger partial charge in [-0.15, -0.1) is 0 Å². The Kier molecular flexibility index (Phi) is 6.74. The van der Waals surface area contributed by atoms with Crippen molar-refractivity contribution in [1.29, 1.82) is 0 Å². The Morgan fingerprint density at radius 3 is 2.08 bits per heavy atom. The predicted octanol–water partition coefficient (Wildman–Crippen LogP) is 1.51.